The Labute approximate surface area is 117 Å². The van der Waals surface area contributed by atoms with Gasteiger partial charge in [-0.05, 0) is 51.4 Å². The number of nitrogens with zero attached hydrogens (tertiary/aromatic N) is 1. The Morgan fingerprint density at radius 2 is 2.11 bits per heavy atom. The summed E-state index contributed by atoms with van der Waals surface area (Å²) in [6.07, 6.45) is 8.35. The van der Waals surface area contributed by atoms with Crippen molar-refractivity contribution in [2.75, 3.05) is 32.1 Å². The van der Waals surface area contributed by atoms with Crippen molar-refractivity contribution in [3.8, 4) is 0 Å². The quantitative estimate of drug-likeness (QED) is 0.845. The molecule has 0 aromatic carbocycles. The van der Waals surface area contributed by atoms with Gasteiger partial charge in [0.2, 0.25) is 0 Å². The van der Waals surface area contributed by atoms with Gasteiger partial charge in [0, 0.05) is 23.9 Å². The van der Waals surface area contributed by atoms with E-state index in [1.807, 2.05) is 0 Å². The zero-order valence-corrected chi connectivity index (χ0v) is 13.2. The van der Waals surface area contributed by atoms with Gasteiger partial charge >= 0.3 is 0 Å². The van der Waals surface area contributed by atoms with Gasteiger partial charge in [-0.3, -0.25) is 0 Å². The molecule has 2 rings (SSSR count). The van der Waals surface area contributed by atoms with Crippen LogP contribution in [0, 0.1) is 5.92 Å². The summed E-state index contributed by atoms with van der Waals surface area (Å²) in [7, 11) is 4.55. The number of likely N-dealkylation sites (N-methyl/N-ethyl adjacent to an activating group) is 1. The van der Waals surface area contributed by atoms with Crippen LogP contribution in [0.2, 0.25) is 0 Å². The Bertz CT molecular complexity index is 251. The first-order valence-electron chi connectivity index (χ1n) is 7.61. The molecule has 1 saturated carbocycles. The average molecular weight is 270 g/mol. The van der Waals surface area contributed by atoms with Crippen LogP contribution in [-0.2, 0) is 0 Å². The Hall–Kier alpha value is 0.270. The number of hydrogen-bond acceptors (Lipinski definition) is 3. The SMILES string of the molecule is CC1CCCC(CNC2CCCSC2)(N(C)C)C1. The topological polar surface area (TPSA) is 15.3 Å². The van der Waals surface area contributed by atoms with E-state index in [4.69, 9.17) is 0 Å². The lowest BCUT2D eigenvalue weighted by Crippen LogP contribution is -2.56. The molecule has 3 atom stereocenters. The van der Waals surface area contributed by atoms with Gasteiger partial charge < -0.3 is 10.2 Å². The minimum atomic E-state index is 0.416. The molecule has 0 aromatic heterocycles. The molecule has 0 radical (unpaired) electrons. The fourth-order valence-electron chi connectivity index (χ4n) is 3.59. The molecule has 3 heteroatoms. The molecule has 106 valence electrons. The summed E-state index contributed by atoms with van der Waals surface area (Å²) >= 11 is 2.12. The molecular formula is C15H30N2S. The van der Waals surface area contributed by atoms with E-state index in [9.17, 15) is 0 Å². The van der Waals surface area contributed by atoms with Crippen molar-refractivity contribution in [1.29, 1.82) is 0 Å². The van der Waals surface area contributed by atoms with Gasteiger partial charge in [-0.1, -0.05) is 19.8 Å². The molecule has 1 heterocycles. The number of thioether (sulfide) groups is 1. The van der Waals surface area contributed by atoms with Crippen molar-refractivity contribution in [3.05, 3.63) is 0 Å². The highest BCUT2D eigenvalue weighted by Crippen LogP contribution is 2.35. The molecule has 1 N–H and O–H groups in total. The number of hydrogen-bond donors (Lipinski definition) is 1. The van der Waals surface area contributed by atoms with Crippen molar-refractivity contribution >= 4 is 11.8 Å². The predicted molar refractivity (Wildman–Crippen MR) is 82.4 cm³/mol. The normalized spacial score (nSPS) is 38.0. The van der Waals surface area contributed by atoms with E-state index in [0.717, 1.165) is 12.0 Å². The highest BCUT2D eigenvalue weighted by molar-refractivity contribution is 7.99. The first kappa shape index (κ1) is 14.7. The molecule has 0 aromatic rings. The van der Waals surface area contributed by atoms with E-state index in [0.29, 0.717) is 5.54 Å². The van der Waals surface area contributed by atoms with Crippen LogP contribution in [0.3, 0.4) is 0 Å². The second kappa shape index (κ2) is 6.62. The Morgan fingerprint density at radius 3 is 2.72 bits per heavy atom. The van der Waals surface area contributed by atoms with E-state index in [1.54, 1.807) is 0 Å². The highest BCUT2D eigenvalue weighted by atomic mass is 32.2. The second-order valence-corrected chi connectivity index (χ2v) is 7.77. The Morgan fingerprint density at radius 1 is 1.28 bits per heavy atom. The maximum absolute atomic E-state index is 3.87. The van der Waals surface area contributed by atoms with E-state index in [2.05, 4.69) is 43.0 Å². The van der Waals surface area contributed by atoms with Crippen LogP contribution < -0.4 is 5.32 Å². The van der Waals surface area contributed by atoms with Gasteiger partial charge in [0.25, 0.3) is 0 Å². The lowest BCUT2D eigenvalue weighted by Gasteiger charge is -2.46. The summed E-state index contributed by atoms with van der Waals surface area (Å²) in [6, 6.07) is 0.762. The minimum Gasteiger partial charge on any atom is -0.311 e. The fourth-order valence-corrected chi connectivity index (χ4v) is 4.70. The lowest BCUT2D eigenvalue weighted by atomic mass is 9.75. The first-order chi connectivity index (χ1) is 8.62. The van der Waals surface area contributed by atoms with Gasteiger partial charge in [-0.2, -0.15) is 11.8 Å². The molecular weight excluding hydrogens is 240 g/mol. The Kier molecular flexibility index (Phi) is 5.40. The number of nitrogens with one attached hydrogen (secondary N) is 1. The van der Waals surface area contributed by atoms with Gasteiger partial charge in [0.15, 0.2) is 0 Å². The molecule has 0 amide bonds. The molecule has 1 aliphatic heterocycles. The Balaban J connectivity index is 1.89. The van der Waals surface area contributed by atoms with Crippen molar-refractivity contribution in [2.45, 2.75) is 57.0 Å². The smallest absolute Gasteiger partial charge is 0.0330 e. The van der Waals surface area contributed by atoms with Crippen molar-refractivity contribution < 1.29 is 0 Å². The van der Waals surface area contributed by atoms with Crippen LogP contribution in [0.1, 0.15) is 45.4 Å². The van der Waals surface area contributed by atoms with Crippen LogP contribution in [-0.4, -0.2) is 48.6 Å². The van der Waals surface area contributed by atoms with Crippen molar-refractivity contribution in [1.82, 2.24) is 10.2 Å². The van der Waals surface area contributed by atoms with Crippen LogP contribution in [0.4, 0.5) is 0 Å². The monoisotopic (exact) mass is 270 g/mol. The van der Waals surface area contributed by atoms with Gasteiger partial charge in [-0.25, -0.2) is 0 Å². The van der Waals surface area contributed by atoms with Crippen LogP contribution in [0.5, 0.6) is 0 Å². The second-order valence-electron chi connectivity index (χ2n) is 6.62. The molecule has 1 aliphatic carbocycles. The maximum Gasteiger partial charge on any atom is 0.0330 e. The zero-order valence-electron chi connectivity index (χ0n) is 12.4. The highest BCUT2D eigenvalue weighted by Gasteiger charge is 2.37. The third kappa shape index (κ3) is 3.64. The molecule has 2 nitrogen and oxygen atoms in total. The third-order valence-corrected chi connectivity index (χ3v) is 6.11. The zero-order chi connectivity index (χ0) is 13.0. The molecule has 3 unspecified atom stereocenters. The largest absolute Gasteiger partial charge is 0.311 e. The van der Waals surface area contributed by atoms with Crippen LogP contribution in [0.15, 0.2) is 0 Å². The van der Waals surface area contributed by atoms with Gasteiger partial charge in [0.1, 0.15) is 0 Å². The average Bonchev–Trinajstić information content (AvgIpc) is 2.37. The maximum atomic E-state index is 3.87. The summed E-state index contributed by atoms with van der Waals surface area (Å²) in [5.74, 6) is 3.58. The van der Waals surface area contributed by atoms with Gasteiger partial charge in [0.05, 0.1) is 0 Å². The summed E-state index contributed by atoms with van der Waals surface area (Å²) in [6.45, 7) is 3.61. The summed E-state index contributed by atoms with van der Waals surface area (Å²) in [5.41, 5.74) is 0.416. The molecule has 0 spiro atoms. The lowest BCUT2D eigenvalue weighted by molar-refractivity contribution is 0.0726. The summed E-state index contributed by atoms with van der Waals surface area (Å²) in [4.78, 5) is 2.49. The fraction of sp³-hybridized carbons (Fsp3) is 1.00. The van der Waals surface area contributed by atoms with Crippen LogP contribution >= 0.6 is 11.8 Å². The molecule has 18 heavy (non-hydrogen) atoms. The number of rotatable bonds is 4. The molecule has 0 bridgehead atoms. The summed E-state index contributed by atoms with van der Waals surface area (Å²) < 4.78 is 0. The van der Waals surface area contributed by atoms with E-state index in [-0.39, 0.29) is 0 Å². The molecule has 1 saturated heterocycles. The summed E-state index contributed by atoms with van der Waals surface area (Å²) in [5, 5.41) is 3.87. The standard InChI is InChI=1S/C15H30N2S/c1-13-6-4-8-15(10-13,17(2)3)12-16-14-7-5-9-18-11-14/h13-14,16H,4-12H2,1-3H3. The van der Waals surface area contributed by atoms with E-state index < -0.39 is 0 Å². The van der Waals surface area contributed by atoms with Crippen molar-refractivity contribution in [2.24, 2.45) is 5.92 Å². The first-order valence-corrected chi connectivity index (χ1v) is 8.76. The molecule has 2 fully saturated rings. The predicted octanol–water partition coefficient (Wildman–Crippen LogP) is 2.98. The third-order valence-electron chi connectivity index (χ3n) is 4.90. The van der Waals surface area contributed by atoms with Gasteiger partial charge in [-0.15, -0.1) is 0 Å². The van der Waals surface area contributed by atoms with E-state index in [1.165, 1.54) is 56.6 Å². The van der Waals surface area contributed by atoms with Crippen molar-refractivity contribution in [3.63, 3.8) is 0 Å². The molecule has 2 aliphatic rings. The van der Waals surface area contributed by atoms with E-state index >= 15 is 0 Å². The minimum absolute atomic E-state index is 0.416. The van der Waals surface area contributed by atoms with Crippen LogP contribution in [0.25, 0.3) is 0 Å².